The molecular formula is C51H52N6O6S2. The van der Waals surface area contributed by atoms with Crippen LogP contribution in [0.25, 0.3) is 54.7 Å². The highest BCUT2D eigenvalue weighted by Crippen LogP contribution is 2.40. The Morgan fingerprint density at radius 3 is 1.08 bits per heavy atom. The molecule has 0 radical (unpaired) electrons. The third-order valence-corrected chi connectivity index (χ3v) is 17.6. The molecule has 0 amide bonds. The van der Waals surface area contributed by atoms with Crippen LogP contribution in [-0.4, -0.2) is 132 Å². The predicted octanol–water partition coefficient (Wildman–Crippen LogP) is 6.21. The number of fused-ring (bicyclic) bond motifs is 9. The fourth-order valence-corrected chi connectivity index (χ4v) is 13.6. The predicted molar refractivity (Wildman–Crippen MR) is 256 cm³/mol. The number of hydrogen-bond donors (Lipinski definition) is 2. The number of aromatic nitrogens is 2. The van der Waals surface area contributed by atoms with Gasteiger partial charge in [-0.05, 0) is 77.2 Å². The lowest BCUT2D eigenvalue weighted by Gasteiger charge is -2.35. The van der Waals surface area contributed by atoms with Crippen molar-refractivity contribution in [3.63, 3.8) is 0 Å². The smallest absolute Gasteiger partial charge is 0.243 e. The summed E-state index contributed by atoms with van der Waals surface area (Å²) in [5, 5.41) is 27.2. The monoisotopic (exact) mass is 908 g/mol. The molecule has 14 heteroatoms. The Balaban J connectivity index is 0.697. The first-order valence-corrected chi connectivity index (χ1v) is 25.4. The number of para-hydroxylation sites is 4. The van der Waals surface area contributed by atoms with Crippen LogP contribution in [-0.2, 0) is 39.6 Å². The number of benzene rings is 6. The maximum atomic E-state index is 14.0. The standard InChI is InChI=1S/C51H52N6O6S2/c58-38(34-56-48-13-5-1-9-44(48)45-10-2-6-14-49(45)56)32-52-21-25-54(26-22-52)64(60,61)40-17-19-42-36(30-40)29-37-31-41(18-20-43(37)42)65(62,63)55-27-23-53(24-28-55)33-39(59)35-57-50-15-7-3-11-46(50)47-12-4-8-16-51(47)57/h1-20,30-31,38-39,58-59H,21-29,32-35H2. The van der Waals surface area contributed by atoms with E-state index in [9.17, 15) is 27.0 Å². The Morgan fingerprint density at radius 1 is 0.415 bits per heavy atom. The van der Waals surface area contributed by atoms with Crippen LogP contribution in [0.5, 0.6) is 0 Å². The van der Waals surface area contributed by atoms with Crippen LogP contribution in [0, 0.1) is 0 Å². The Bertz CT molecular complexity index is 3000. The van der Waals surface area contributed by atoms with E-state index in [1.54, 1.807) is 24.3 Å². The highest BCUT2D eigenvalue weighted by molar-refractivity contribution is 7.89. The number of sulfonamides is 2. The zero-order valence-electron chi connectivity index (χ0n) is 36.1. The molecule has 2 saturated heterocycles. The number of aliphatic hydroxyl groups excluding tert-OH is 2. The molecule has 2 aromatic heterocycles. The van der Waals surface area contributed by atoms with Gasteiger partial charge in [0.25, 0.3) is 0 Å². The largest absolute Gasteiger partial charge is 0.390 e. The van der Waals surface area contributed by atoms with Crippen LogP contribution in [0.3, 0.4) is 0 Å². The van der Waals surface area contributed by atoms with Crippen molar-refractivity contribution in [2.24, 2.45) is 0 Å². The Morgan fingerprint density at radius 2 is 0.738 bits per heavy atom. The second-order valence-electron chi connectivity index (χ2n) is 17.8. The molecule has 11 rings (SSSR count). The lowest BCUT2D eigenvalue weighted by atomic mass is 10.1. The van der Waals surface area contributed by atoms with Crippen molar-refractivity contribution in [1.82, 2.24) is 27.5 Å². The van der Waals surface area contributed by atoms with Gasteiger partial charge in [-0.25, -0.2) is 16.8 Å². The summed E-state index contributed by atoms with van der Waals surface area (Å²) >= 11 is 0. The van der Waals surface area contributed by atoms with Crippen LogP contribution in [0.4, 0.5) is 0 Å². The van der Waals surface area contributed by atoms with Gasteiger partial charge in [-0.2, -0.15) is 8.61 Å². The SMILES string of the molecule is O=S(=O)(c1ccc2c(c1)Cc1cc(S(=O)(=O)N3CCN(CC(O)Cn4c5ccccc5c5ccccc54)CC3)ccc1-2)N1CCN(CC(O)Cn2c3ccccc3c3ccccc32)CC1. The first-order valence-electron chi connectivity index (χ1n) is 22.5. The number of aliphatic hydroxyl groups is 2. The van der Waals surface area contributed by atoms with E-state index in [1.165, 1.54) is 8.61 Å². The molecule has 12 nitrogen and oxygen atoms in total. The highest BCUT2D eigenvalue weighted by Gasteiger charge is 2.33. The van der Waals surface area contributed by atoms with Crippen LogP contribution in [0.15, 0.2) is 143 Å². The molecule has 0 saturated carbocycles. The van der Waals surface area contributed by atoms with Gasteiger partial charge in [0.1, 0.15) is 0 Å². The van der Waals surface area contributed by atoms with E-state index in [0.29, 0.717) is 85.0 Å². The molecule has 1 aliphatic carbocycles. The third-order valence-electron chi connectivity index (χ3n) is 13.8. The molecule has 65 heavy (non-hydrogen) atoms. The van der Waals surface area contributed by atoms with Gasteiger partial charge in [0.2, 0.25) is 20.0 Å². The molecule has 3 aliphatic rings. The number of nitrogens with zero attached hydrogens (tertiary/aromatic N) is 6. The second kappa shape index (κ2) is 16.8. The molecule has 334 valence electrons. The second-order valence-corrected chi connectivity index (χ2v) is 21.7. The molecule has 2 fully saturated rings. The van der Waals surface area contributed by atoms with Crippen LogP contribution in [0.2, 0.25) is 0 Å². The van der Waals surface area contributed by atoms with Gasteiger partial charge in [0.05, 0.1) is 35.1 Å². The molecule has 8 aromatic rings. The first kappa shape index (κ1) is 42.2. The van der Waals surface area contributed by atoms with Crippen molar-refractivity contribution in [2.75, 3.05) is 65.4 Å². The lowest BCUT2D eigenvalue weighted by Crippen LogP contribution is -2.50. The minimum Gasteiger partial charge on any atom is -0.390 e. The van der Waals surface area contributed by atoms with Gasteiger partial charge in [-0.1, -0.05) is 84.9 Å². The third kappa shape index (κ3) is 7.65. The van der Waals surface area contributed by atoms with Crippen molar-refractivity contribution in [1.29, 1.82) is 0 Å². The maximum absolute atomic E-state index is 14.0. The topological polar surface area (TPSA) is 132 Å². The fourth-order valence-electron chi connectivity index (χ4n) is 10.6. The molecule has 2 aliphatic heterocycles. The lowest BCUT2D eigenvalue weighted by molar-refractivity contribution is 0.0820. The van der Waals surface area contributed by atoms with Crippen LogP contribution >= 0.6 is 0 Å². The summed E-state index contributed by atoms with van der Waals surface area (Å²) in [5.74, 6) is 0. The Hall–Kier alpha value is -5.42. The van der Waals surface area contributed by atoms with E-state index in [1.807, 2.05) is 60.7 Å². The number of β-amino-alcohol motifs (C(OH)–C–C–N with tert-alkyl or cyclic N) is 2. The average Bonchev–Trinajstić information content (AvgIpc) is 3.96. The van der Waals surface area contributed by atoms with Crippen molar-refractivity contribution < 1.29 is 27.0 Å². The summed E-state index contributed by atoms with van der Waals surface area (Å²) in [5.41, 5.74) is 7.87. The maximum Gasteiger partial charge on any atom is 0.243 e. The van der Waals surface area contributed by atoms with Crippen LogP contribution < -0.4 is 0 Å². The molecule has 0 bridgehead atoms. The van der Waals surface area contributed by atoms with Crippen molar-refractivity contribution in [2.45, 2.75) is 41.5 Å². The van der Waals surface area contributed by atoms with Crippen LogP contribution in [0.1, 0.15) is 11.1 Å². The molecule has 2 N–H and O–H groups in total. The Labute approximate surface area is 379 Å². The molecule has 0 spiro atoms. The summed E-state index contributed by atoms with van der Waals surface area (Å²) in [6.07, 6.45) is -0.829. The summed E-state index contributed by atoms with van der Waals surface area (Å²) in [6.45, 7) is 5.08. The fraction of sp³-hybridized carbons (Fsp3) is 0.294. The van der Waals surface area contributed by atoms with Gasteiger partial charge >= 0.3 is 0 Å². The van der Waals surface area contributed by atoms with E-state index in [-0.39, 0.29) is 9.79 Å². The zero-order valence-corrected chi connectivity index (χ0v) is 37.7. The van der Waals surface area contributed by atoms with Gasteiger partial charge in [-0.15, -0.1) is 0 Å². The normalized spacial score (nSPS) is 17.9. The van der Waals surface area contributed by atoms with E-state index in [2.05, 4.69) is 67.5 Å². The summed E-state index contributed by atoms with van der Waals surface area (Å²) in [6, 6.07) is 43.5. The summed E-state index contributed by atoms with van der Waals surface area (Å²) < 4.78 is 63.4. The van der Waals surface area contributed by atoms with Gasteiger partial charge < -0.3 is 19.3 Å². The van der Waals surface area contributed by atoms with E-state index >= 15 is 0 Å². The molecule has 6 aromatic carbocycles. The molecule has 4 heterocycles. The molecular weight excluding hydrogens is 857 g/mol. The zero-order chi connectivity index (χ0) is 44.5. The minimum atomic E-state index is -3.79. The van der Waals surface area contributed by atoms with Crippen molar-refractivity contribution >= 4 is 63.7 Å². The summed E-state index contributed by atoms with van der Waals surface area (Å²) in [7, 11) is -7.57. The first-order chi connectivity index (χ1) is 31.5. The van der Waals surface area contributed by atoms with Gasteiger partial charge in [0, 0.05) is 109 Å². The highest BCUT2D eigenvalue weighted by atomic mass is 32.2. The average molecular weight is 909 g/mol. The van der Waals surface area contributed by atoms with Gasteiger partial charge in [0.15, 0.2) is 0 Å². The summed E-state index contributed by atoms with van der Waals surface area (Å²) in [4.78, 5) is 4.73. The molecule has 2 atom stereocenters. The molecule has 2 unspecified atom stereocenters. The Kier molecular flexibility index (Phi) is 10.9. The van der Waals surface area contributed by atoms with E-state index in [0.717, 1.165) is 65.9 Å². The minimum absolute atomic E-state index is 0.231. The van der Waals surface area contributed by atoms with Crippen molar-refractivity contribution in [3.8, 4) is 11.1 Å². The van der Waals surface area contributed by atoms with E-state index < -0.39 is 32.3 Å². The van der Waals surface area contributed by atoms with Gasteiger partial charge in [-0.3, -0.25) is 9.80 Å². The van der Waals surface area contributed by atoms with Crippen molar-refractivity contribution in [3.05, 3.63) is 145 Å². The van der Waals surface area contributed by atoms with E-state index in [4.69, 9.17) is 0 Å². The number of hydrogen-bond acceptors (Lipinski definition) is 8. The number of piperazine rings is 2. The quantitative estimate of drug-likeness (QED) is 0.148. The number of rotatable bonds is 12.